The van der Waals surface area contributed by atoms with Crippen LogP contribution in [0.15, 0.2) is 60.7 Å². The number of amides is 1. The molecule has 1 N–H and O–H groups in total. The zero-order valence-corrected chi connectivity index (χ0v) is 14.6. The molecule has 0 aliphatic heterocycles. The van der Waals surface area contributed by atoms with Crippen molar-refractivity contribution in [2.75, 3.05) is 14.2 Å². The summed E-state index contributed by atoms with van der Waals surface area (Å²) in [5.74, 6) is 1.21. The summed E-state index contributed by atoms with van der Waals surface area (Å²) in [5, 5.41) is 5.05. The summed E-state index contributed by atoms with van der Waals surface area (Å²) in [4.78, 5) is 12.8. The molecule has 0 bridgehead atoms. The van der Waals surface area contributed by atoms with Crippen LogP contribution in [0.2, 0.25) is 0 Å². The molecule has 0 aliphatic rings. The van der Waals surface area contributed by atoms with Crippen LogP contribution < -0.4 is 14.8 Å². The van der Waals surface area contributed by atoms with Crippen LogP contribution in [-0.2, 0) is 0 Å². The van der Waals surface area contributed by atoms with Gasteiger partial charge in [-0.3, -0.25) is 4.79 Å². The van der Waals surface area contributed by atoms with Gasteiger partial charge in [0.25, 0.3) is 5.91 Å². The van der Waals surface area contributed by atoms with Gasteiger partial charge in [-0.25, -0.2) is 0 Å². The summed E-state index contributed by atoms with van der Waals surface area (Å²) >= 11 is 0. The van der Waals surface area contributed by atoms with E-state index in [0.717, 1.165) is 16.3 Å². The molecule has 0 fully saturated rings. The van der Waals surface area contributed by atoms with Crippen molar-refractivity contribution < 1.29 is 14.3 Å². The van der Waals surface area contributed by atoms with Gasteiger partial charge in [0.15, 0.2) is 11.5 Å². The zero-order valence-electron chi connectivity index (χ0n) is 14.6. The lowest BCUT2D eigenvalue weighted by molar-refractivity contribution is 0.0941. The lowest BCUT2D eigenvalue weighted by Crippen LogP contribution is -2.26. The van der Waals surface area contributed by atoms with Crippen molar-refractivity contribution in [1.82, 2.24) is 5.32 Å². The number of nitrogens with one attached hydrogen (secondary N) is 1. The Bertz CT molecular complexity index is 899. The number of methoxy groups -OCH3 is 2. The van der Waals surface area contributed by atoms with E-state index in [2.05, 4.69) is 5.32 Å². The molecule has 0 saturated heterocycles. The van der Waals surface area contributed by atoms with Crippen molar-refractivity contribution in [2.45, 2.75) is 13.0 Å². The van der Waals surface area contributed by atoms with Crippen molar-refractivity contribution in [1.29, 1.82) is 0 Å². The van der Waals surface area contributed by atoms with Gasteiger partial charge in [0.05, 0.1) is 20.3 Å². The van der Waals surface area contributed by atoms with Crippen LogP contribution in [0.25, 0.3) is 10.8 Å². The smallest absolute Gasteiger partial charge is 0.252 e. The zero-order chi connectivity index (χ0) is 17.8. The Morgan fingerprint density at radius 3 is 2.40 bits per heavy atom. The maximum atomic E-state index is 12.8. The first-order valence-corrected chi connectivity index (χ1v) is 8.14. The third-order valence-corrected chi connectivity index (χ3v) is 4.29. The molecular formula is C21H21NO3. The monoisotopic (exact) mass is 335 g/mol. The van der Waals surface area contributed by atoms with E-state index in [9.17, 15) is 4.79 Å². The van der Waals surface area contributed by atoms with E-state index in [1.165, 1.54) is 0 Å². The summed E-state index contributed by atoms with van der Waals surface area (Å²) in [7, 11) is 3.20. The van der Waals surface area contributed by atoms with Gasteiger partial charge in [-0.05, 0) is 41.5 Å². The van der Waals surface area contributed by atoms with Crippen LogP contribution in [-0.4, -0.2) is 20.1 Å². The van der Waals surface area contributed by atoms with Gasteiger partial charge in [-0.15, -0.1) is 0 Å². The van der Waals surface area contributed by atoms with Crippen molar-refractivity contribution in [2.24, 2.45) is 0 Å². The fourth-order valence-corrected chi connectivity index (χ4v) is 2.90. The molecule has 3 aromatic rings. The van der Waals surface area contributed by atoms with Crippen LogP contribution in [0.4, 0.5) is 0 Å². The molecule has 0 radical (unpaired) electrons. The first-order valence-electron chi connectivity index (χ1n) is 8.14. The summed E-state index contributed by atoms with van der Waals surface area (Å²) in [6, 6.07) is 19.1. The summed E-state index contributed by atoms with van der Waals surface area (Å²) in [5.41, 5.74) is 1.62. The molecule has 4 nitrogen and oxygen atoms in total. The van der Waals surface area contributed by atoms with E-state index in [4.69, 9.17) is 9.47 Å². The number of rotatable bonds is 5. The maximum Gasteiger partial charge on any atom is 0.252 e. The number of ether oxygens (including phenoxy) is 2. The Balaban J connectivity index is 1.85. The third-order valence-electron chi connectivity index (χ3n) is 4.29. The molecule has 3 aromatic carbocycles. The molecule has 1 atom stereocenters. The van der Waals surface area contributed by atoms with Crippen molar-refractivity contribution >= 4 is 16.7 Å². The molecule has 1 unspecified atom stereocenters. The van der Waals surface area contributed by atoms with Gasteiger partial charge in [0.1, 0.15) is 0 Å². The molecule has 3 rings (SSSR count). The molecule has 4 heteroatoms. The average Bonchev–Trinajstić information content (AvgIpc) is 2.66. The number of carbonyl (C=O) groups is 1. The Morgan fingerprint density at radius 2 is 1.64 bits per heavy atom. The molecule has 0 heterocycles. The second-order valence-corrected chi connectivity index (χ2v) is 5.84. The summed E-state index contributed by atoms with van der Waals surface area (Å²) < 4.78 is 10.6. The average molecular weight is 335 g/mol. The van der Waals surface area contributed by atoms with Crippen LogP contribution in [0.1, 0.15) is 28.9 Å². The van der Waals surface area contributed by atoms with Gasteiger partial charge in [-0.1, -0.05) is 42.5 Å². The first kappa shape index (κ1) is 16.8. The molecule has 0 aliphatic carbocycles. The molecule has 1 amide bonds. The molecular weight excluding hydrogens is 314 g/mol. The largest absolute Gasteiger partial charge is 0.493 e. The van der Waals surface area contributed by atoms with E-state index in [1.54, 1.807) is 14.2 Å². The highest BCUT2D eigenvalue weighted by atomic mass is 16.5. The molecule has 0 aromatic heterocycles. The number of benzene rings is 3. The topological polar surface area (TPSA) is 47.6 Å². The first-order chi connectivity index (χ1) is 12.1. The normalized spacial score (nSPS) is 11.8. The van der Waals surface area contributed by atoms with Crippen molar-refractivity contribution in [3.8, 4) is 11.5 Å². The Hall–Kier alpha value is -3.01. The standard InChI is InChI=1S/C21H21NO3/c1-14(16-11-12-19(24-2)20(13-16)25-3)22-21(23)18-10-6-8-15-7-4-5-9-17(15)18/h4-14H,1-3H3,(H,22,23). The lowest BCUT2D eigenvalue weighted by atomic mass is 10.0. The SMILES string of the molecule is COc1ccc(C(C)NC(=O)c2cccc3ccccc23)cc1OC. The number of carbonyl (C=O) groups excluding carboxylic acids is 1. The molecule has 0 spiro atoms. The second-order valence-electron chi connectivity index (χ2n) is 5.84. The van der Waals surface area contributed by atoms with Crippen LogP contribution >= 0.6 is 0 Å². The third kappa shape index (κ3) is 3.43. The Labute approximate surface area is 147 Å². The minimum Gasteiger partial charge on any atom is -0.493 e. The number of fused-ring (bicyclic) bond motifs is 1. The van der Waals surface area contributed by atoms with Gasteiger partial charge in [0.2, 0.25) is 0 Å². The minimum absolute atomic E-state index is 0.0981. The quantitative estimate of drug-likeness (QED) is 0.754. The van der Waals surface area contributed by atoms with E-state index in [-0.39, 0.29) is 11.9 Å². The lowest BCUT2D eigenvalue weighted by Gasteiger charge is -2.17. The maximum absolute atomic E-state index is 12.8. The summed E-state index contributed by atoms with van der Waals surface area (Å²) in [6.07, 6.45) is 0. The number of hydrogen-bond donors (Lipinski definition) is 1. The fourth-order valence-electron chi connectivity index (χ4n) is 2.90. The molecule has 25 heavy (non-hydrogen) atoms. The Kier molecular flexibility index (Phi) is 4.89. The second kappa shape index (κ2) is 7.26. The van der Waals surface area contributed by atoms with Gasteiger partial charge < -0.3 is 14.8 Å². The van der Waals surface area contributed by atoms with Crippen molar-refractivity contribution in [3.05, 3.63) is 71.8 Å². The van der Waals surface area contributed by atoms with Crippen molar-refractivity contribution in [3.63, 3.8) is 0 Å². The predicted octanol–water partition coefficient (Wildman–Crippen LogP) is 4.35. The van der Waals surface area contributed by atoms with Crippen LogP contribution in [0.5, 0.6) is 11.5 Å². The predicted molar refractivity (Wildman–Crippen MR) is 99.4 cm³/mol. The minimum atomic E-state index is -0.161. The van der Waals surface area contributed by atoms with E-state index >= 15 is 0 Å². The van der Waals surface area contributed by atoms with Gasteiger partial charge in [0, 0.05) is 5.56 Å². The fraction of sp³-hybridized carbons (Fsp3) is 0.190. The molecule has 0 saturated carbocycles. The van der Waals surface area contributed by atoms with Crippen LogP contribution in [0.3, 0.4) is 0 Å². The number of hydrogen-bond acceptors (Lipinski definition) is 3. The van der Waals surface area contributed by atoms with E-state index < -0.39 is 0 Å². The van der Waals surface area contributed by atoms with Gasteiger partial charge >= 0.3 is 0 Å². The summed E-state index contributed by atoms with van der Waals surface area (Å²) in [6.45, 7) is 1.95. The van der Waals surface area contributed by atoms with E-state index in [0.29, 0.717) is 17.1 Å². The van der Waals surface area contributed by atoms with Crippen LogP contribution in [0, 0.1) is 0 Å². The highest BCUT2D eigenvalue weighted by molar-refractivity contribution is 6.07. The van der Waals surface area contributed by atoms with E-state index in [1.807, 2.05) is 67.6 Å². The molecule has 128 valence electrons. The van der Waals surface area contributed by atoms with Gasteiger partial charge in [-0.2, -0.15) is 0 Å². The Morgan fingerprint density at radius 1 is 0.920 bits per heavy atom. The highest BCUT2D eigenvalue weighted by Gasteiger charge is 2.15. The highest BCUT2D eigenvalue weighted by Crippen LogP contribution is 2.30.